The molecule has 1 amide bonds. The maximum Gasteiger partial charge on any atom is 0.289 e. The van der Waals surface area contributed by atoms with E-state index in [4.69, 9.17) is 4.42 Å². The fourth-order valence-electron chi connectivity index (χ4n) is 1.84. The zero-order chi connectivity index (χ0) is 15.1. The Morgan fingerprint density at radius 3 is 2.35 bits per heavy atom. The number of likely N-dealkylation sites (tertiary alicyclic amines) is 1. The van der Waals surface area contributed by atoms with Gasteiger partial charge in [-0.15, -0.1) is 0 Å². The van der Waals surface area contributed by atoms with Crippen LogP contribution in [-0.2, 0) is 10.0 Å². The van der Waals surface area contributed by atoms with Crippen molar-refractivity contribution in [2.45, 2.75) is 17.3 Å². The molecule has 20 heavy (non-hydrogen) atoms. The molecule has 0 aromatic carbocycles. The molecule has 1 fully saturated rings. The summed E-state index contributed by atoms with van der Waals surface area (Å²) in [5.74, 6) is -0.715. The number of rotatable bonds is 3. The third-order valence-electron chi connectivity index (χ3n) is 3.07. The first-order valence-electron chi connectivity index (χ1n) is 5.91. The summed E-state index contributed by atoms with van der Waals surface area (Å²) in [5, 5.41) is 18.5. The van der Waals surface area contributed by atoms with Crippen molar-refractivity contribution >= 4 is 15.9 Å². The molecule has 9 heteroatoms. The van der Waals surface area contributed by atoms with E-state index >= 15 is 0 Å². The average molecular weight is 304 g/mol. The summed E-state index contributed by atoms with van der Waals surface area (Å²) in [6.45, 7) is -0.0348. The maximum absolute atomic E-state index is 12.0. The van der Waals surface area contributed by atoms with E-state index in [2.05, 4.69) is 0 Å². The fourth-order valence-corrected chi connectivity index (χ4v) is 2.64. The molecule has 2 atom stereocenters. The maximum atomic E-state index is 12.0. The third-order valence-corrected chi connectivity index (χ3v) is 4.76. The van der Waals surface area contributed by atoms with Crippen LogP contribution < -0.4 is 0 Å². The Hall–Kier alpha value is -1.42. The lowest BCUT2D eigenvalue weighted by atomic mass is 10.3. The van der Waals surface area contributed by atoms with Gasteiger partial charge in [-0.3, -0.25) is 4.79 Å². The molecule has 1 aliphatic rings. The van der Waals surface area contributed by atoms with Crippen molar-refractivity contribution < 1.29 is 27.8 Å². The molecule has 1 aromatic heterocycles. The molecule has 0 radical (unpaired) electrons. The van der Waals surface area contributed by atoms with Crippen molar-refractivity contribution in [2.75, 3.05) is 27.2 Å². The predicted octanol–water partition coefficient (Wildman–Crippen LogP) is -1.29. The van der Waals surface area contributed by atoms with Crippen molar-refractivity contribution in [3.8, 4) is 0 Å². The van der Waals surface area contributed by atoms with Crippen molar-refractivity contribution in [2.24, 2.45) is 0 Å². The largest absolute Gasteiger partial charge is 0.438 e. The highest BCUT2D eigenvalue weighted by molar-refractivity contribution is 7.88. The summed E-state index contributed by atoms with van der Waals surface area (Å²) < 4.78 is 29.7. The minimum Gasteiger partial charge on any atom is -0.438 e. The molecule has 2 rings (SSSR count). The predicted molar refractivity (Wildman–Crippen MR) is 67.5 cm³/mol. The number of furan rings is 1. The van der Waals surface area contributed by atoms with Gasteiger partial charge in [0.05, 0.1) is 12.2 Å². The summed E-state index contributed by atoms with van der Waals surface area (Å²) in [6.07, 6.45) is -2.00. The average Bonchev–Trinajstić information content (AvgIpc) is 2.97. The summed E-state index contributed by atoms with van der Waals surface area (Å²) in [6, 6.07) is 2.46. The van der Waals surface area contributed by atoms with E-state index in [-0.39, 0.29) is 23.9 Å². The first kappa shape index (κ1) is 15.0. The number of hydrogen-bond donors (Lipinski definition) is 2. The number of nitrogens with zero attached hydrogens (tertiary/aromatic N) is 2. The van der Waals surface area contributed by atoms with Gasteiger partial charge in [0.1, 0.15) is 0 Å². The Balaban J connectivity index is 2.20. The van der Waals surface area contributed by atoms with Crippen molar-refractivity contribution in [1.82, 2.24) is 9.21 Å². The van der Waals surface area contributed by atoms with Crippen LogP contribution in [0.25, 0.3) is 0 Å². The fraction of sp³-hybridized carbons (Fsp3) is 0.545. The molecule has 1 aliphatic heterocycles. The van der Waals surface area contributed by atoms with Gasteiger partial charge < -0.3 is 19.5 Å². The van der Waals surface area contributed by atoms with Gasteiger partial charge in [-0.05, 0) is 12.1 Å². The van der Waals surface area contributed by atoms with Gasteiger partial charge in [0, 0.05) is 27.2 Å². The second-order valence-corrected chi connectivity index (χ2v) is 6.83. The van der Waals surface area contributed by atoms with E-state index < -0.39 is 28.1 Å². The van der Waals surface area contributed by atoms with Crippen LogP contribution in [0.3, 0.4) is 0 Å². The number of aliphatic hydroxyl groups excluding tert-OH is 2. The highest BCUT2D eigenvalue weighted by Gasteiger charge is 2.34. The van der Waals surface area contributed by atoms with Crippen molar-refractivity contribution in [3.05, 3.63) is 17.9 Å². The van der Waals surface area contributed by atoms with E-state index in [1.807, 2.05) is 0 Å². The molecular formula is C11H16N2O6S. The lowest BCUT2D eigenvalue weighted by Gasteiger charge is -2.13. The SMILES string of the molecule is CN(C)S(=O)(=O)c1ccc(C(=O)N2CC(O)C(O)C2)o1. The molecule has 2 unspecified atom stereocenters. The number of aliphatic hydroxyl groups is 2. The van der Waals surface area contributed by atoms with Gasteiger partial charge in [0.25, 0.3) is 15.9 Å². The van der Waals surface area contributed by atoms with Gasteiger partial charge in [-0.1, -0.05) is 0 Å². The van der Waals surface area contributed by atoms with Gasteiger partial charge in [-0.25, -0.2) is 12.7 Å². The van der Waals surface area contributed by atoms with Gasteiger partial charge in [0.2, 0.25) is 5.09 Å². The Labute approximate surface area is 116 Å². The summed E-state index contributed by atoms with van der Waals surface area (Å²) in [4.78, 5) is 13.3. The van der Waals surface area contributed by atoms with Crippen molar-refractivity contribution in [1.29, 1.82) is 0 Å². The molecule has 2 N–H and O–H groups in total. The molecule has 0 aliphatic carbocycles. The van der Waals surface area contributed by atoms with E-state index in [0.29, 0.717) is 0 Å². The quantitative estimate of drug-likeness (QED) is 0.718. The normalized spacial score (nSPS) is 23.6. The Morgan fingerprint density at radius 1 is 1.30 bits per heavy atom. The molecule has 0 saturated carbocycles. The van der Waals surface area contributed by atoms with Gasteiger partial charge in [-0.2, -0.15) is 0 Å². The molecule has 0 bridgehead atoms. The lowest BCUT2D eigenvalue weighted by Crippen LogP contribution is -2.29. The van der Waals surface area contributed by atoms with Crippen LogP contribution in [0.1, 0.15) is 10.6 Å². The molecule has 0 spiro atoms. The van der Waals surface area contributed by atoms with E-state index in [1.165, 1.54) is 31.1 Å². The third kappa shape index (κ3) is 2.57. The zero-order valence-electron chi connectivity index (χ0n) is 11.1. The summed E-state index contributed by atoms with van der Waals surface area (Å²) in [7, 11) is -1.03. The number of β-amino-alcohol motifs (C(OH)–C–C–N with tert-alkyl or cyclic N) is 2. The van der Waals surface area contributed by atoms with Crippen LogP contribution >= 0.6 is 0 Å². The van der Waals surface area contributed by atoms with Crippen LogP contribution in [0.5, 0.6) is 0 Å². The smallest absolute Gasteiger partial charge is 0.289 e. The molecular weight excluding hydrogens is 288 g/mol. The second kappa shape index (κ2) is 5.17. The lowest BCUT2D eigenvalue weighted by molar-refractivity contribution is 0.0572. The van der Waals surface area contributed by atoms with Crippen LogP contribution in [0, 0.1) is 0 Å². The highest BCUT2D eigenvalue weighted by atomic mass is 32.2. The number of amides is 1. The molecule has 2 heterocycles. The van der Waals surface area contributed by atoms with Crippen LogP contribution in [0.4, 0.5) is 0 Å². The molecule has 1 saturated heterocycles. The van der Waals surface area contributed by atoms with Crippen LogP contribution in [0.15, 0.2) is 21.6 Å². The van der Waals surface area contributed by atoms with Crippen LogP contribution in [-0.4, -0.2) is 73.1 Å². The molecule has 112 valence electrons. The Morgan fingerprint density at radius 2 is 1.85 bits per heavy atom. The van der Waals surface area contributed by atoms with E-state index in [9.17, 15) is 23.4 Å². The summed E-state index contributed by atoms with van der Waals surface area (Å²) in [5.41, 5.74) is 0. The first-order chi connectivity index (χ1) is 9.23. The van der Waals surface area contributed by atoms with Gasteiger partial charge >= 0.3 is 0 Å². The topological polar surface area (TPSA) is 111 Å². The zero-order valence-corrected chi connectivity index (χ0v) is 11.9. The number of carbonyl (C=O) groups excluding carboxylic acids is 1. The monoisotopic (exact) mass is 304 g/mol. The Kier molecular flexibility index (Phi) is 3.87. The standard InChI is InChI=1S/C11H16N2O6S/c1-12(2)20(17,18)10-4-3-9(19-10)11(16)13-5-7(14)8(15)6-13/h3-4,7-8,14-15H,5-6H2,1-2H3. The number of sulfonamides is 1. The van der Waals surface area contributed by atoms with E-state index in [1.54, 1.807) is 0 Å². The van der Waals surface area contributed by atoms with Crippen LogP contribution in [0.2, 0.25) is 0 Å². The van der Waals surface area contributed by atoms with Crippen molar-refractivity contribution in [3.63, 3.8) is 0 Å². The minimum absolute atomic E-state index is 0.0174. The molecule has 8 nitrogen and oxygen atoms in total. The van der Waals surface area contributed by atoms with Gasteiger partial charge in [0.15, 0.2) is 5.76 Å². The minimum atomic E-state index is -3.74. The highest BCUT2D eigenvalue weighted by Crippen LogP contribution is 2.20. The second-order valence-electron chi connectivity index (χ2n) is 4.75. The molecule has 1 aromatic rings. The number of hydrogen-bond acceptors (Lipinski definition) is 6. The number of carbonyl (C=O) groups is 1. The summed E-state index contributed by atoms with van der Waals surface area (Å²) >= 11 is 0. The first-order valence-corrected chi connectivity index (χ1v) is 7.35. The Bertz CT molecular complexity index is 598. The van der Waals surface area contributed by atoms with E-state index in [0.717, 1.165) is 4.31 Å².